The second-order valence-corrected chi connectivity index (χ2v) is 8.50. The molecule has 4 nitrogen and oxygen atoms in total. The first kappa shape index (κ1) is 20.6. The summed E-state index contributed by atoms with van der Waals surface area (Å²) in [7, 11) is 0. The molecule has 1 amide bonds. The van der Waals surface area contributed by atoms with Crippen molar-refractivity contribution in [2.45, 2.75) is 33.0 Å². The van der Waals surface area contributed by atoms with Crippen LogP contribution in [0.4, 0.5) is 4.79 Å². The fourth-order valence-electron chi connectivity index (χ4n) is 2.84. The Balaban J connectivity index is 1.63. The van der Waals surface area contributed by atoms with E-state index < -0.39 is 5.60 Å². The first-order valence-corrected chi connectivity index (χ1v) is 9.81. The summed E-state index contributed by atoms with van der Waals surface area (Å²) in [6.07, 6.45) is 1.76. The Bertz CT molecular complexity index is 903. The lowest BCUT2D eigenvalue weighted by atomic mass is 10.0. The van der Waals surface area contributed by atoms with E-state index in [0.717, 1.165) is 16.7 Å². The van der Waals surface area contributed by atoms with Gasteiger partial charge in [-0.3, -0.25) is 0 Å². The molecule has 148 valence electrons. The van der Waals surface area contributed by atoms with Crippen LogP contribution in [0.1, 0.15) is 31.9 Å². The van der Waals surface area contributed by atoms with E-state index in [0.29, 0.717) is 35.5 Å². The van der Waals surface area contributed by atoms with Crippen molar-refractivity contribution in [1.82, 2.24) is 4.90 Å². The molecule has 0 bridgehead atoms. The van der Waals surface area contributed by atoms with E-state index in [1.807, 2.05) is 39.0 Å². The molecule has 0 aliphatic carbocycles. The van der Waals surface area contributed by atoms with Crippen LogP contribution in [0.25, 0.3) is 5.57 Å². The van der Waals surface area contributed by atoms with Crippen LogP contribution < -0.4 is 4.74 Å². The van der Waals surface area contributed by atoms with E-state index in [1.54, 1.807) is 23.1 Å². The zero-order chi connectivity index (χ0) is 20.3. The third-order valence-electron chi connectivity index (χ3n) is 4.16. The summed E-state index contributed by atoms with van der Waals surface area (Å²) in [5.74, 6) is 0.590. The van der Waals surface area contributed by atoms with Gasteiger partial charge in [0.25, 0.3) is 0 Å². The van der Waals surface area contributed by atoms with Gasteiger partial charge in [0.1, 0.15) is 18.0 Å². The molecule has 2 aromatic carbocycles. The van der Waals surface area contributed by atoms with E-state index in [1.165, 1.54) is 0 Å². The minimum absolute atomic E-state index is 0.296. The standard InChI is InChI=1S/C22H23Cl2NO3/c1-22(2,3)28-21(26)25-10-9-17(13-25)16-6-4-5-15(11-16)14-27-20-8-7-18(23)12-19(20)24/h4-9,11-12H,10,13-14H2,1-3H3. The van der Waals surface area contributed by atoms with Gasteiger partial charge in [0, 0.05) is 18.1 Å². The lowest BCUT2D eigenvalue weighted by Gasteiger charge is -2.24. The number of amides is 1. The quantitative estimate of drug-likeness (QED) is 0.591. The Hall–Kier alpha value is -2.17. The number of halogens is 2. The molecule has 28 heavy (non-hydrogen) atoms. The zero-order valence-corrected chi connectivity index (χ0v) is 17.7. The second kappa shape index (κ2) is 8.46. The highest BCUT2D eigenvalue weighted by Crippen LogP contribution is 2.29. The molecular weight excluding hydrogens is 397 g/mol. The molecule has 0 fully saturated rings. The number of carbonyl (C=O) groups excluding carboxylic acids is 1. The smallest absolute Gasteiger partial charge is 0.410 e. The van der Waals surface area contributed by atoms with Crippen LogP contribution in [-0.4, -0.2) is 29.7 Å². The predicted octanol–water partition coefficient (Wildman–Crippen LogP) is 6.21. The van der Waals surface area contributed by atoms with Gasteiger partial charge in [-0.15, -0.1) is 0 Å². The van der Waals surface area contributed by atoms with Crippen LogP contribution in [0.15, 0.2) is 48.5 Å². The van der Waals surface area contributed by atoms with Gasteiger partial charge in [0.15, 0.2) is 0 Å². The molecule has 0 saturated carbocycles. The van der Waals surface area contributed by atoms with Crippen molar-refractivity contribution >= 4 is 34.9 Å². The number of hydrogen-bond acceptors (Lipinski definition) is 3. The number of hydrogen-bond donors (Lipinski definition) is 0. The summed E-state index contributed by atoms with van der Waals surface area (Å²) in [5, 5.41) is 1.05. The first-order chi connectivity index (χ1) is 13.2. The van der Waals surface area contributed by atoms with E-state index >= 15 is 0 Å². The minimum atomic E-state index is -0.500. The lowest BCUT2D eigenvalue weighted by molar-refractivity contribution is 0.0306. The summed E-state index contributed by atoms with van der Waals surface area (Å²) < 4.78 is 11.3. The zero-order valence-electron chi connectivity index (χ0n) is 16.2. The molecule has 0 radical (unpaired) electrons. The first-order valence-electron chi connectivity index (χ1n) is 9.05. The maximum atomic E-state index is 12.2. The average molecular weight is 420 g/mol. The molecule has 0 spiro atoms. The van der Waals surface area contributed by atoms with E-state index in [2.05, 4.69) is 12.1 Å². The molecule has 0 atom stereocenters. The molecule has 0 N–H and O–H groups in total. The van der Waals surface area contributed by atoms with E-state index in [4.69, 9.17) is 32.7 Å². The van der Waals surface area contributed by atoms with Crippen LogP contribution in [0.2, 0.25) is 10.0 Å². The average Bonchev–Trinajstić information content (AvgIpc) is 3.10. The molecule has 1 aliphatic rings. The highest BCUT2D eigenvalue weighted by molar-refractivity contribution is 6.35. The van der Waals surface area contributed by atoms with Gasteiger partial charge in [-0.2, -0.15) is 0 Å². The van der Waals surface area contributed by atoms with Crippen LogP contribution in [0, 0.1) is 0 Å². The van der Waals surface area contributed by atoms with Gasteiger partial charge in [-0.05, 0) is 61.7 Å². The molecule has 0 unspecified atom stereocenters. The van der Waals surface area contributed by atoms with E-state index in [9.17, 15) is 4.79 Å². The largest absolute Gasteiger partial charge is 0.487 e. The SMILES string of the molecule is CC(C)(C)OC(=O)N1CC=C(c2cccc(COc3ccc(Cl)cc3Cl)c2)C1. The Labute approximate surface area is 175 Å². The summed E-state index contributed by atoms with van der Waals surface area (Å²) in [6, 6.07) is 13.2. The van der Waals surface area contributed by atoms with Crippen LogP contribution in [0.5, 0.6) is 5.75 Å². The number of carbonyl (C=O) groups is 1. The summed E-state index contributed by atoms with van der Waals surface area (Å²) in [4.78, 5) is 13.9. The van der Waals surface area contributed by atoms with Crippen molar-refractivity contribution < 1.29 is 14.3 Å². The van der Waals surface area contributed by atoms with Crippen molar-refractivity contribution in [3.05, 3.63) is 69.7 Å². The monoisotopic (exact) mass is 419 g/mol. The number of benzene rings is 2. The van der Waals surface area contributed by atoms with Gasteiger partial charge >= 0.3 is 6.09 Å². The maximum Gasteiger partial charge on any atom is 0.410 e. The number of nitrogens with zero attached hydrogens (tertiary/aromatic N) is 1. The Morgan fingerprint density at radius 2 is 1.93 bits per heavy atom. The minimum Gasteiger partial charge on any atom is -0.487 e. The second-order valence-electron chi connectivity index (χ2n) is 7.65. The Morgan fingerprint density at radius 3 is 2.64 bits per heavy atom. The molecule has 3 rings (SSSR count). The fraction of sp³-hybridized carbons (Fsp3) is 0.318. The number of rotatable bonds is 4. The Morgan fingerprint density at radius 1 is 1.14 bits per heavy atom. The Kier molecular flexibility index (Phi) is 6.21. The third kappa shape index (κ3) is 5.43. The van der Waals surface area contributed by atoms with Gasteiger partial charge in [-0.1, -0.05) is 47.5 Å². The van der Waals surface area contributed by atoms with E-state index in [-0.39, 0.29) is 6.09 Å². The normalized spacial score (nSPS) is 14.0. The molecule has 0 saturated heterocycles. The number of ether oxygens (including phenoxy) is 2. The van der Waals surface area contributed by atoms with Gasteiger partial charge in [0.2, 0.25) is 0 Å². The molecule has 0 aromatic heterocycles. The molecule has 1 heterocycles. The molecule has 6 heteroatoms. The summed E-state index contributed by atoms with van der Waals surface area (Å²) in [6.45, 7) is 7.06. The van der Waals surface area contributed by atoms with Crippen molar-refractivity contribution in [2.75, 3.05) is 13.1 Å². The topological polar surface area (TPSA) is 38.8 Å². The fourth-order valence-corrected chi connectivity index (χ4v) is 3.31. The summed E-state index contributed by atoms with van der Waals surface area (Å²) in [5.41, 5.74) is 2.67. The van der Waals surface area contributed by atoms with Crippen LogP contribution in [0.3, 0.4) is 0 Å². The van der Waals surface area contributed by atoms with Crippen molar-refractivity contribution in [1.29, 1.82) is 0 Å². The van der Waals surface area contributed by atoms with Crippen LogP contribution in [-0.2, 0) is 11.3 Å². The lowest BCUT2D eigenvalue weighted by Crippen LogP contribution is -2.35. The van der Waals surface area contributed by atoms with Crippen LogP contribution >= 0.6 is 23.2 Å². The summed E-state index contributed by atoms with van der Waals surface area (Å²) >= 11 is 12.1. The van der Waals surface area contributed by atoms with Crippen molar-refractivity contribution in [3.63, 3.8) is 0 Å². The maximum absolute atomic E-state index is 12.2. The highest BCUT2D eigenvalue weighted by Gasteiger charge is 2.25. The van der Waals surface area contributed by atoms with Gasteiger partial charge in [0.05, 0.1) is 5.02 Å². The highest BCUT2D eigenvalue weighted by atomic mass is 35.5. The molecular formula is C22H23Cl2NO3. The van der Waals surface area contributed by atoms with Gasteiger partial charge < -0.3 is 14.4 Å². The molecule has 1 aliphatic heterocycles. The van der Waals surface area contributed by atoms with Crippen molar-refractivity contribution in [3.8, 4) is 5.75 Å². The van der Waals surface area contributed by atoms with Gasteiger partial charge in [-0.25, -0.2) is 4.79 Å². The van der Waals surface area contributed by atoms with Crippen molar-refractivity contribution in [2.24, 2.45) is 0 Å². The third-order valence-corrected chi connectivity index (χ3v) is 4.69. The predicted molar refractivity (Wildman–Crippen MR) is 113 cm³/mol. The molecule has 2 aromatic rings.